The van der Waals surface area contributed by atoms with Crippen LogP contribution in [-0.4, -0.2) is 31.6 Å². The second kappa shape index (κ2) is 6.64. The van der Waals surface area contributed by atoms with Crippen molar-refractivity contribution in [1.82, 2.24) is 10.2 Å². The highest BCUT2D eigenvalue weighted by Gasteiger charge is 2.01. The minimum Gasteiger partial charge on any atom is -0.468 e. The zero-order valence-electron chi connectivity index (χ0n) is 9.99. The van der Waals surface area contributed by atoms with Crippen LogP contribution in [-0.2, 0) is 6.54 Å². The maximum absolute atomic E-state index is 5.23. The van der Waals surface area contributed by atoms with Crippen LogP contribution < -0.4 is 5.32 Å². The third-order valence-electron chi connectivity index (χ3n) is 2.23. The van der Waals surface area contributed by atoms with Crippen molar-refractivity contribution in [1.29, 1.82) is 0 Å². The van der Waals surface area contributed by atoms with Crippen molar-refractivity contribution in [2.75, 3.05) is 26.7 Å². The first-order valence-corrected chi connectivity index (χ1v) is 5.60. The minimum atomic E-state index is 0.736. The molecule has 0 atom stereocenters. The molecule has 0 aliphatic rings. The summed E-state index contributed by atoms with van der Waals surface area (Å²) in [6.45, 7) is 8.55. The maximum atomic E-state index is 5.23. The normalized spacial score (nSPS) is 11.5. The summed E-state index contributed by atoms with van der Waals surface area (Å²) in [6.07, 6.45) is 1.71. The van der Waals surface area contributed by atoms with Crippen LogP contribution in [0.5, 0.6) is 0 Å². The second-order valence-electron chi connectivity index (χ2n) is 4.41. The lowest BCUT2D eigenvalue weighted by Gasteiger charge is -2.18. The van der Waals surface area contributed by atoms with Crippen LogP contribution in [0.4, 0.5) is 0 Å². The smallest absolute Gasteiger partial charge is 0.117 e. The molecule has 86 valence electrons. The Morgan fingerprint density at radius 1 is 1.47 bits per heavy atom. The van der Waals surface area contributed by atoms with E-state index in [9.17, 15) is 0 Å². The van der Waals surface area contributed by atoms with Gasteiger partial charge in [0, 0.05) is 19.6 Å². The molecule has 1 N–H and O–H groups in total. The Morgan fingerprint density at radius 2 is 2.27 bits per heavy atom. The molecule has 15 heavy (non-hydrogen) atoms. The van der Waals surface area contributed by atoms with Crippen molar-refractivity contribution < 1.29 is 4.42 Å². The van der Waals surface area contributed by atoms with Crippen molar-refractivity contribution in [2.24, 2.45) is 5.92 Å². The van der Waals surface area contributed by atoms with Crippen molar-refractivity contribution in [2.45, 2.75) is 20.4 Å². The second-order valence-corrected chi connectivity index (χ2v) is 4.41. The molecule has 0 saturated heterocycles. The topological polar surface area (TPSA) is 28.4 Å². The maximum Gasteiger partial charge on any atom is 0.117 e. The van der Waals surface area contributed by atoms with Crippen molar-refractivity contribution in [3.05, 3.63) is 24.2 Å². The van der Waals surface area contributed by atoms with Gasteiger partial charge in [0.25, 0.3) is 0 Å². The summed E-state index contributed by atoms with van der Waals surface area (Å²) in [7, 11) is 2.16. The lowest BCUT2D eigenvalue weighted by molar-refractivity contribution is 0.293. The standard InChI is InChI=1S/C12H22N2O/c1-11(2)10-14(3)7-6-13-9-12-5-4-8-15-12/h4-5,8,11,13H,6-7,9-10H2,1-3H3. The highest BCUT2D eigenvalue weighted by Crippen LogP contribution is 1.98. The predicted molar refractivity (Wildman–Crippen MR) is 62.7 cm³/mol. The molecule has 1 heterocycles. The average Bonchev–Trinajstić information content (AvgIpc) is 2.63. The summed E-state index contributed by atoms with van der Waals surface area (Å²) in [5.74, 6) is 1.74. The van der Waals surface area contributed by atoms with Crippen LogP contribution >= 0.6 is 0 Å². The molecular formula is C12H22N2O. The van der Waals surface area contributed by atoms with Gasteiger partial charge in [-0.1, -0.05) is 13.8 Å². The van der Waals surface area contributed by atoms with Crippen LogP contribution in [0.3, 0.4) is 0 Å². The van der Waals surface area contributed by atoms with E-state index in [1.165, 1.54) is 0 Å². The zero-order chi connectivity index (χ0) is 11.1. The molecule has 1 aromatic heterocycles. The molecule has 0 amide bonds. The SMILES string of the molecule is CC(C)CN(C)CCNCc1ccco1. The van der Waals surface area contributed by atoms with Gasteiger partial charge in [-0.25, -0.2) is 0 Å². The Hall–Kier alpha value is -0.800. The van der Waals surface area contributed by atoms with Crippen LogP contribution in [0.15, 0.2) is 22.8 Å². The van der Waals surface area contributed by atoms with Gasteiger partial charge in [-0.05, 0) is 25.1 Å². The number of furan rings is 1. The third-order valence-corrected chi connectivity index (χ3v) is 2.23. The molecule has 3 nitrogen and oxygen atoms in total. The Balaban J connectivity index is 2.01. The van der Waals surface area contributed by atoms with E-state index < -0.39 is 0 Å². The highest BCUT2D eigenvalue weighted by atomic mass is 16.3. The lowest BCUT2D eigenvalue weighted by Crippen LogP contribution is -2.31. The van der Waals surface area contributed by atoms with Gasteiger partial charge < -0.3 is 14.6 Å². The molecule has 1 rings (SSSR count). The molecule has 0 bridgehead atoms. The summed E-state index contributed by atoms with van der Waals surface area (Å²) >= 11 is 0. The van der Waals surface area contributed by atoms with Gasteiger partial charge in [-0.15, -0.1) is 0 Å². The quantitative estimate of drug-likeness (QED) is 0.697. The Morgan fingerprint density at radius 3 is 2.87 bits per heavy atom. The summed E-state index contributed by atoms with van der Waals surface area (Å²) < 4.78 is 5.23. The van der Waals surface area contributed by atoms with E-state index in [0.29, 0.717) is 0 Å². The fourth-order valence-corrected chi connectivity index (χ4v) is 1.61. The predicted octanol–water partition coefficient (Wildman–Crippen LogP) is 1.96. The van der Waals surface area contributed by atoms with Crippen molar-refractivity contribution in [3.63, 3.8) is 0 Å². The van der Waals surface area contributed by atoms with Crippen LogP contribution in [0, 0.1) is 5.92 Å². The van der Waals surface area contributed by atoms with Gasteiger partial charge in [0.05, 0.1) is 12.8 Å². The van der Waals surface area contributed by atoms with Gasteiger partial charge in [-0.3, -0.25) is 0 Å². The molecular weight excluding hydrogens is 188 g/mol. The van der Waals surface area contributed by atoms with E-state index in [2.05, 4.69) is 31.1 Å². The van der Waals surface area contributed by atoms with E-state index in [-0.39, 0.29) is 0 Å². The molecule has 0 saturated carbocycles. The molecule has 1 aromatic rings. The zero-order valence-corrected chi connectivity index (χ0v) is 9.99. The Kier molecular flexibility index (Phi) is 5.43. The summed E-state index contributed by atoms with van der Waals surface area (Å²) in [5, 5.41) is 3.36. The van der Waals surface area contributed by atoms with Crippen LogP contribution in [0.2, 0.25) is 0 Å². The first-order valence-electron chi connectivity index (χ1n) is 5.60. The van der Waals surface area contributed by atoms with Crippen LogP contribution in [0.1, 0.15) is 19.6 Å². The van der Waals surface area contributed by atoms with E-state index in [1.807, 2.05) is 12.1 Å². The molecule has 0 spiro atoms. The molecule has 0 aliphatic carbocycles. The number of likely N-dealkylation sites (N-methyl/N-ethyl adjacent to an activating group) is 1. The van der Waals surface area contributed by atoms with Crippen molar-refractivity contribution >= 4 is 0 Å². The van der Waals surface area contributed by atoms with E-state index in [1.54, 1.807) is 6.26 Å². The van der Waals surface area contributed by atoms with Gasteiger partial charge >= 0.3 is 0 Å². The summed E-state index contributed by atoms with van der Waals surface area (Å²) in [4.78, 5) is 2.35. The number of nitrogens with zero attached hydrogens (tertiary/aromatic N) is 1. The molecule has 0 aliphatic heterocycles. The van der Waals surface area contributed by atoms with Gasteiger partial charge in [0.1, 0.15) is 5.76 Å². The van der Waals surface area contributed by atoms with Gasteiger partial charge in [-0.2, -0.15) is 0 Å². The Bertz CT molecular complexity index is 244. The van der Waals surface area contributed by atoms with Crippen LogP contribution in [0.25, 0.3) is 0 Å². The monoisotopic (exact) mass is 210 g/mol. The molecule has 3 heteroatoms. The first-order chi connectivity index (χ1) is 7.18. The lowest BCUT2D eigenvalue weighted by atomic mass is 10.2. The molecule has 0 fully saturated rings. The number of hydrogen-bond donors (Lipinski definition) is 1. The molecule has 0 unspecified atom stereocenters. The van der Waals surface area contributed by atoms with E-state index in [0.717, 1.165) is 37.9 Å². The highest BCUT2D eigenvalue weighted by molar-refractivity contribution is 4.97. The average molecular weight is 210 g/mol. The third kappa shape index (κ3) is 5.60. The number of nitrogens with one attached hydrogen (secondary N) is 1. The molecule has 0 aromatic carbocycles. The summed E-state index contributed by atoms with van der Waals surface area (Å²) in [6, 6.07) is 3.91. The van der Waals surface area contributed by atoms with Gasteiger partial charge in [0.2, 0.25) is 0 Å². The number of hydrogen-bond acceptors (Lipinski definition) is 3. The summed E-state index contributed by atoms with van der Waals surface area (Å²) in [5.41, 5.74) is 0. The fourth-order valence-electron chi connectivity index (χ4n) is 1.61. The minimum absolute atomic E-state index is 0.736. The van der Waals surface area contributed by atoms with Gasteiger partial charge in [0.15, 0.2) is 0 Å². The molecule has 0 radical (unpaired) electrons. The van der Waals surface area contributed by atoms with Crippen molar-refractivity contribution in [3.8, 4) is 0 Å². The fraction of sp³-hybridized carbons (Fsp3) is 0.667. The largest absolute Gasteiger partial charge is 0.468 e. The van der Waals surface area contributed by atoms with E-state index in [4.69, 9.17) is 4.42 Å². The number of rotatable bonds is 7. The first kappa shape index (κ1) is 12.3. The van der Waals surface area contributed by atoms with E-state index >= 15 is 0 Å². The Labute approximate surface area is 92.5 Å².